The summed E-state index contributed by atoms with van der Waals surface area (Å²) in [6.07, 6.45) is 5.59. The lowest BCUT2D eigenvalue weighted by atomic mass is 9.83. The van der Waals surface area contributed by atoms with Crippen LogP contribution in [0.15, 0.2) is 18.2 Å². The van der Waals surface area contributed by atoms with Crippen LogP contribution in [-0.4, -0.2) is 23.7 Å². The van der Waals surface area contributed by atoms with Crippen molar-refractivity contribution in [1.29, 1.82) is 0 Å². The second-order valence-corrected chi connectivity index (χ2v) is 5.46. The zero-order valence-electron chi connectivity index (χ0n) is 11.5. The van der Waals surface area contributed by atoms with E-state index in [1.54, 1.807) is 12.1 Å². The third kappa shape index (κ3) is 3.19. The number of methoxy groups -OCH3 is 1. The second kappa shape index (κ2) is 5.51. The Kier molecular flexibility index (Phi) is 3.98. The first kappa shape index (κ1) is 13.7. The van der Waals surface area contributed by atoms with Crippen LogP contribution in [0.3, 0.4) is 0 Å². The van der Waals surface area contributed by atoms with Crippen LogP contribution >= 0.6 is 0 Å². The predicted molar refractivity (Wildman–Crippen MR) is 73.6 cm³/mol. The van der Waals surface area contributed by atoms with Gasteiger partial charge in [-0.3, -0.25) is 4.79 Å². The minimum absolute atomic E-state index is 0.0102. The molecule has 4 heteroatoms. The Hall–Kier alpha value is -1.71. The summed E-state index contributed by atoms with van der Waals surface area (Å²) in [5, 5.41) is 12.8. The van der Waals surface area contributed by atoms with E-state index in [9.17, 15) is 9.90 Å². The minimum Gasteiger partial charge on any atom is -0.504 e. The highest BCUT2D eigenvalue weighted by atomic mass is 16.5. The quantitative estimate of drug-likeness (QED) is 0.881. The van der Waals surface area contributed by atoms with Crippen molar-refractivity contribution in [3.8, 4) is 11.5 Å². The van der Waals surface area contributed by atoms with Gasteiger partial charge in [-0.1, -0.05) is 19.3 Å². The lowest BCUT2D eigenvalue weighted by molar-refractivity contribution is 0.0882. The van der Waals surface area contributed by atoms with Crippen molar-refractivity contribution >= 4 is 5.91 Å². The van der Waals surface area contributed by atoms with E-state index in [1.165, 1.54) is 19.6 Å². The summed E-state index contributed by atoms with van der Waals surface area (Å²) in [5.74, 6) is 0.228. The molecule has 0 saturated heterocycles. The fraction of sp³-hybridized carbons (Fsp3) is 0.533. The van der Waals surface area contributed by atoms with Crippen molar-refractivity contribution in [3.63, 3.8) is 0 Å². The number of amides is 1. The van der Waals surface area contributed by atoms with Crippen LogP contribution in [-0.2, 0) is 0 Å². The van der Waals surface area contributed by atoms with Gasteiger partial charge < -0.3 is 15.2 Å². The molecule has 2 rings (SSSR count). The van der Waals surface area contributed by atoms with Gasteiger partial charge in [-0.05, 0) is 38.0 Å². The molecule has 1 fully saturated rings. The number of ether oxygens (including phenoxy) is 1. The first-order valence-electron chi connectivity index (χ1n) is 6.74. The fourth-order valence-corrected chi connectivity index (χ4v) is 2.63. The molecule has 19 heavy (non-hydrogen) atoms. The number of benzene rings is 1. The van der Waals surface area contributed by atoms with Gasteiger partial charge in [0.2, 0.25) is 0 Å². The van der Waals surface area contributed by atoms with E-state index in [1.807, 2.05) is 0 Å². The Morgan fingerprint density at radius 2 is 2.00 bits per heavy atom. The van der Waals surface area contributed by atoms with E-state index >= 15 is 0 Å². The zero-order chi connectivity index (χ0) is 13.9. The number of carbonyl (C=O) groups is 1. The lowest BCUT2D eigenvalue weighted by Crippen LogP contribution is -2.47. The van der Waals surface area contributed by atoms with Crippen molar-refractivity contribution in [2.24, 2.45) is 0 Å². The molecule has 1 amide bonds. The number of phenols is 1. The second-order valence-electron chi connectivity index (χ2n) is 5.46. The lowest BCUT2D eigenvalue weighted by Gasteiger charge is -2.34. The molecule has 2 N–H and O–H groups in total. The SMILES string of the molecule is COc1ccc(C(=O)NC2(C)CCCCC2)cc1O. The molecule has 0 spiro atoms. The van der Waals surface area contributed by atoms with Crippen LogP contribution < -0.4 is 10.1 Å². The number of hydrogen-bond donors (Lipinski definition) is 2. The van der Waals surface area contributed by atoms with Crippen molar-refractivity contribution < 1.29 is 14.6 Å². The minimum atomic E-state index is -0.137. The average Bonchev–Trinajstić information content (AvgIpc) is 2.39. The molecule has 1 aromatic rings. The first-order chi connectivity index (χ1) is 9.04. The summed E-state index contributed by atoms with van der Waals surface area (Å²) >= 11 is 0. The van der Waals surface area contributed by atoms with E-state index in [0.717, 1.165) is 25.7 Å². The fourth-order valence-electron chi connectivity index (χ4n) is 2.63. The van der Waals surface area contributed by atoms with Crippen molar-refractivity contribution in [1.82, 2.24) is 5.32 Å². The Morgan fingerprint density at radius 3 is 2.58 bits per heavy atom. The van der Waals surface area contributed by atoms with Crippen LogP contribution in [0.1, 0.15) is 49.4 Å². The Balaban J connectivity index is 2.09. The smallest absolute Gasteiger partial charge is 0.251 e. The Bertz CT molecular complexity index is 464. The topological polar surface area (TPSA) is 58.6 Å². The largest absolute Gasteiger partial charge is 0.504 e. The van der Waals surface area contributed by atoms with Crippen LogP contribution in [0.25, 0.3) is 0 Å². The Morgan fingerprint density at radius 1 is 1.32 bits per heavy atom. The monoisotopic (exact) mass is 263 g/mol. The molecule has 0 aromatic heterocycles. The summed E-state index contributed by atoms with van der Waals surface area (Å²) in [4.78, 5) is 12.2. The predicted octanol–water partition coefficient (Wildman–Crippen LogP) is 2.85. The normalized spacial score (nSPS) is 17.8. The standard InChI is InChI=1S/C15H21NO3/c1-15(8-4-3-5-9-15)16-14(18)11-6-7-13(19-2)12(17)10-11/h6-7,10,17H,3-5,8-9H2,1-2H3,(H,16,18). The number of nitrogens with one attached hydrogen (secondary N) is 1. The molecule has 1 aromatic carbocycles. The summed E-state index contributed by atoms with van der Waals surface area (Å²) in [6, 6.07) is 4.72. The molecule has 0 heterocycles. The van der Waals surface area contributed by atoms with E-state index in [-0.39, 0.29) is 17.2 Å². The molecular formula is C15H21NO3. The van der Waals surface area contributed by atoms with Gasteiger partial charge in [0.25, 0.3) is 5.91 Å². The van der Waals surface area contributed by atoms with Gasteiger partial charge in [0, 0.05) is 11.1 Å². The van der Waals surface area contributed by atoms with Gasteiger partial charge in [0.05, 0.1) is 7.11 Å². The third-order valence-corrected chi connectivity index (χ3v) is 3.81. The van der Waals surface area contributed by atoms with E-state index in [0.29, 0.717) is 11.3 Å². The number of rotatable bonds is 3. The van der Waals surface area contributed by atoms with E-state index < -0.39 is 0 Å². The molecule has 0 bridgehead atoms. The molecule has 0 radical (unpaired) electrons. The summed E-state index contributed by atoms with van der Waals surface area (Å²) in [7, 11) is 1.48. The van der Waals surface area contributed by atoms with Crippen molar-refractivity contribution in [2.75, 3.05) is 7.11 Å². The molecule has 4 nitrogen and oxygen atoms in total. The van der Waals surface area contributed by atoms with Gasteiger partial charge in [-0.25, -0.2) is 0 Å². The van der Waals surface area contributed by atoms with Gasteiger partial charge in [0.15, 0.2) is 11.5 Å². The van der Waals surface area contributed by atoms with Gasteiger partial charge in [-0.2, -0.15) is 0 Å². The third-order valence-electron chi connectivity index (χ3n) is 3.81. The molecule has 1 saturated carbocycles. The molecule has 104 valence electrons. The summed E-state index contributed by atoms with van der Waals surface area (Å²) in [6.45, 7) is 2.09. The van der Waals surface area contributed by atoms with Crippen LogP contribution in [0.4, 0.5) is 0 Å². The highest BCUT2D eigenvalue weighted by Crippen LogP contribution is 2.29. The van der Waals surface area contributed by atoms with Gasteiger partial charge in [0.1, 0.15) is 0 Å². The molecule has 1 aliphatic carbocycles. The maximum absolute atomic E-state index is 12.2. The average molecular weight is 263 g/mol. The number of hydrogen-bond acceptors (Lipinski definition) is 3. The molecule has 0 aliphatic heterocycles. The van der Waals surface area contributed by atoms with Gasteiger partial charge >= 0.3 is 0 Å². The Labute approximate surface area is 113 Å². The summed E-state index contributed by atoms with van der Waals surface area (Å²) in [5.41, 5.74) is 0.343. The van der Waals surface area contributed by atoms with E-state index in [2.05, 4.69) is 12.2 Å². The molecule has 0 unspecified atom stereocenters. The maximum atomic E-state index is 12.2. The highest BCUT2D eigenvalue weighted by Gasteiger charge is 2.28. The molecular weight excluding hydrogens is 242 g/mol. The number of phenolic OH excluding ortho intramolecular Hbond substituents is 1. The first-order valence-corrected chi connectivity index (χ1v) is 6.74. The van der Waals surface area contributed by atoms with Crippen LogP contribution in [0.2, 0.25) is 0 Å². The number of carbonyl (C=O) groups excluding carboxylic acids is 1. The summed E-state index contributed by atoms with van der Waals surface area (Å²) < 4.78 is 4.97. The molecule has 0 atom stereocenters. The van der Waals surface area contributed by atoms with Crippen molar-refractivity contribution in [3.05, 3.63) is 23.8 Å². The number of aromatic hydroxyl groups is 1. The highest BCUT2D eigenvalue weighted by molar-refractivity contribution is 5.95. The van der Waals surface area contributed by atoms with Crippen LogP contribution in [0, 0.1) is 0 Å². The van der Waals surface area contributed by atoms with Gasteiger partial charge in [-0.15, -0.1) is 0 Å². The zero-order valence-corrected chi connectivity index (χ0v) is 11.5. The molecule has 1 aliphatic rings. The van der Waals surface area contributed by atoms with E-state index in [4.69, 9.17) is 4.74 Å². The van der Waals surface area contributed by atoms with Crippen LogP contribution in [0.5, 0.6) is 11.5 Å². The van der Waals surface area contributed by atoms with Crippen molar-refractivity contribution in [2.45, 2.75) is 44.6 Å². The maximum Gasteiger partial charge on any atom is 0.251 e.